The van der Waals surface area contributed by atoms with E-state index in [-0.39, 0.29) is 11.7 Å². The van der Waals surface area contributed by atoms with Crippen LogP contribution in [0.25, 0.3) is 0 Å². The minimum atomic E-state index is -0.215. The molecule has 0 bridgehead atoms. The van der Waals surface area contributed by atoms with Crippen LogP contribution in [0.5, 0.6) is 0 Å². The maximum absolute atomic E-state index is 11.5. The van der Waals surface area contributed by atoms with Crippen molar-refractivity contribution < 1.29 is 0 Å². The summed E-state index contributed by atoms with van der Waals surface area (Å²) < 4.78 is 2.54. The standard InChI is InChI=1S/C9H10IN5OS/c1-5(2)15-8(16)13-14-9(15)17-7-11-3-6(10)4-12-7/h3-5H,1-2H3,(H,13,16). The van der Waals surface area contributed by atoms with E-state index < -0.39 is 0 Å². The third kappa shape index (κ3) is 2.86. The number of nitrogens with one attached hydrogen (secondary N) is 1. The topological polar surface area (TPSA) is 76.5 Å². The van der Waals surface area contributed by atoms with Gasteiger partial charge >= 0.3 is 5.69 Å². The maximum Gasteiger partial charge on any atom is 0.344 e. The lowest BCUT2D eigenvalue weighted by Gasteiger charge is -2.07. The van der Waals surface area contributed by atoms with Crippen LogP contribution in [-0.4, -0.2) is 24.7 Å². The van der Waals surface area contributed by atoms with Gasteiger partial charge in [-0.2, -0.15) is 0 Å². The van der Waals surface area contributed by atoms with Crippen molar-refractivity contribution in [3.05, 3.63) is 26.4 Å². The molecule has 2 rings (SSSR count). The number of hydrogen-bond acceptors (Lipinski definition) is 5. The number of rotatable bonds is 3. The summed E-state index contributed by atoms with van der Waals surface area (Å²) in [6.07, 6.45) is 3.45. The van der Waals surface area contributed by atoms with Crippen molar-refractivity contribution in [1.29, 1.82) is 0 Å². The monoisotopic (exact) mass is 363 g/mol. The molecular formula is C9H10IN5OS. The first-order valence-corrected chi connectivity index (χ1v) is 6.79. The first-order chi connectivity index (χ1) is 8.08. The van der Waals surface area contributed by atoms with Gasteiger partial charge in [-0.1, -0.05) is 0 Å². The number of halogens is 1. The Balaban J connectivity index is 2.30. The number of aromatic nitrogens is 5. The minimum Gasteiger partial charge on any atom is -0.267 e. The molecule has 90 valence electrons. The largest absolute Gasteiger partial charge is 0.344 e. The molecule has 2 aromatic rings. The molecule has 0 atom stereocenters. The fraction of sp³-hybridized carbons (Fsp3) is 0.333. The molecule has 0 radical (unpaired) electrons. The van der Waals surface area contributed by atoms with Crippen LogP contribution in [0.1, 0.15) is 19.9 Å². The summed E-state index contributed by atoms with van der Waals surface area (Å²) in [5.41, 5.74) is -0.215. The molecule has 8 heteroatoms. The smallest absolute Gasteiger partial charge is 0.267 e. The lowest BCUT2D eigenvalue weighted by Crippen LogP contribution is -2.19. The van der Waals surface area contributed by atoms with Crippen molar-refractivity contribution in [3.8, 4) is 0 Å². The highest BCUT2D eigenvalue weighted by atomic mass is 127. The lowest BCUT2D eigenvalue weighted by atomic mass is 10.4. The number of aromatic amines is 1. The van der Waals surface area contributed by atoms with Gasteiger partial charge < -0.3 is 0 Å². The Hall–Kier alpha value is -0.900. The molecule has 0 aromatic carbocycles. The zero-order chi connectivity index (χ0) is 12.4. The van der Waals surface area contributed by atoms with Crippen LogP contribution in [0.3, 0.4) is 0 Å². The maximum atomic E-state index is 11.5. The van der Waals surface area contributed by atoms with E-state index in [2.05, 4.69) is 42.8 Å². The highest BCUT2D eigenvalue weighted by molar-refractivity contribution is 14.1. The van der Waals surface area contributed by atoms with Crippen LogP contribution in [-0.2, 0) is 0 Å². The Labute approximate surface area is 115 Å². The fourth-order valence-corrected chi connectivity index (χ4v) is 2.39. The zero-order valence-electron chi connectivity index (χ0n) is 9.22. The number of nitrogens with zero attached hydrogens (tertiary/aromatic N) is 4. The molecule has 0 spiro atoms. The normalized spacial score (nSPS) is 11.1. The van der Waals surface area contributed by atoms with E-state index in [4.69, 9.17) is 0 Å². The van der Waals surface area contributed by atoms with Gasteiger partial charge in [0.15, 0.2) is 10.3 Å². The summed E-state index contributed by atoms with van der Waals surface area (Å²) in [7, 11) is 0. The summed E-state index contributed by atoms with van der Waals surface area (Å²) in [5, 5.41) is 7.54. The van der Waals surface area contributed by atoms with Gasteiger partial charge in [-0.05, 0) is 48.2 Å². The Morgan fingerprint density at radius 1 is 1.41 bits per heavy atom. The van der Waals surface area contributed by atoms with Crippen molar-refractivity contribution >= 4 is 34.4 Å². The van der Waals surface area contributed by atoms with Crippen molar-refractivity contribution in [2.45, 2.75) is 30.2 Å². The van der Waals surface area contributed by atoms with E-state index in [9.17, 15) is 4.79 Å². The van der Waals surface area contributed by atoms with Crippen LogP contribution < -0.4 is 5.69 Å². The third-order valence-corrected chi connectivity index (χ3v) is 3.39. The van der Waals surface area contributed by atoms with Crippen LogP contribution in [0.4, 0.5) is 0 Å². The van der Waals surface area contributed by atoms with Gasteiger partial charge in [0, 0.05) is 22.0 Å². The zero-order valence-corrected chi connectivity index (χ0v) is 12.2. The number of H-pyrrole nitrogens is 1. The quantitative estimate of drug-likeness (QED) is 0.664. The predicted octanol–water partition coefficient (Wildman–Crippen LogP) is 1.70. The average Bonchev–Trinajstić information content (AvgIpc) is 2.63. The van der Waals surface area contributed by atoms with Crippen molar-refractivity contribution in [1.82, 2.24) is 24.7 Å². The van der Waals surface area contributed by atoms with Crippen LogP contribution in [0, 0.1) is 3.57 Å². The molecule has 0 saturated heterocycles. The van der Waals surface area contributed by atoms with Crippen LogP contribution >= 0.6 is 34.4 Å². The summed E-state index contributed by atoms with van der Waals surface area (Å²) in [6, 6.07) is 0.0487. The van der Waals surface area contributed by atoms with E-state index in [0.717, 1.165) is 3.57 Å². The molecule has 0 fully saturated rings. The SMILES string of the molecule is CC(C)n1c(Sc2ncc(I)cn2)n[nH]c1=O. The van der Waals surface area contributed by atoms with Crippen molar-refractivity contribution in [2.75, 3.05) is 0 Å². The predicted molar refractivity (Wildman–Crippen MR) is 72.1 cm³/mol. The second kappa shape index (κ2) is 5.17. The summed E-state index contributed by atoms with van der Waals surface area (Å²) in [4.78, 5) is 19.8. The molecule has 0 aliphatic carbocycles. The Morgan fingerprint density at radius 2 is 2.06 bits per heavy atom. The molecule has 0 aliphatic rings. The fourth-order valence-electron chi connectivity index (χ4n) is 1.25. The molecule has 1 N–H and O–H groups in total. The minimum absolute atomic E-state index is 0.0487. The van der Waals surface area contributed by atoms with Crippen molar-refractivity contribution in [3.63, 3.8) is 0 Å². The highest BCUT2D eigenvalue weighted by Gasteiger charge is 2.13. The van der Waals surface area contributed by atoms with Gasteiger partial charge in [0.05, 0.1) is 0 Å². The van der Waals surface area contributed by atoms with Gasteiger partial charge in [0.25, 0.3) is 0 Å². The molecule has 0 unspecified atom stereocenters. The van der Waals surface area contributed by atoms with E-state index in [1.807, 2.05) is 13.8 Å². The summed E-state index contributed by atoms with van der Waals surface area (Å²) in [6.45, 7) is 3.85. The van der Waals surface area contributed by atoms with Gasteiger partial charge in [0.1, 0.15) is 0 Å². The highest BCUT2D eigenvalue weighted by Crippen LogP contribution is 2.22. The second-order valence-corrected chi connectivity index (χ2v) is 5.74. The average molecular weight is 363 g/mol. The molecule has 0 amide bonds. The van der Waals surface area contributed by atoms with E-state index in [0.29, 0.717) is 10.3 Å². The van der Waals surface area contributed by atoms with E-state index >= 15 is 0 Å². The van der Waals surface area contributed by atoms with E-state index in [1.54, 1.807) is 17.0 Å². The molecule has 2 heterocycles. The van der Waals surface area contributed by atoms with E-state index in [1.165, 1.54) is 11.8 Å². The first kappa shape index (κ1) is 12.6. The molecule has 6 nitrogen and oxygen atoms in total. The molecule has 0 saturated carbocycles. The lowest BCUT2D eigenvalue weighted by molar-refractivity contribution is 0.533. The number of hydrogen-bond donors (Lipinski definition) is 1. The van der Waals surface area contributed by atoms with Gasteiger partial charge in [-0.15, -0.1) is 5.10 Å². The van der Waals surface area contributed by atoms with Crippen LogP contribution in [0.15, 0.2) is 27.5 Å². The molecule has 17 heavy (non-hydrogen) atoms. The van der Waals surface area contributed by atoms with Crippen LogP contribution in [0.2, 0.25) is 0 Å². The summed E-state index contributed by atoms with van der Waals surface area (Å²) >= 11 is 3.40. The van der Waals surface area contributed by atoms with Gasteiger partial charge in [-0.3, -0.25) is 4.57 Å². The second-order valence-electron chi connectivity index (χ2n) is 3.56. The first-order valence-electron chi connectivity index (χ1n) is 4.90. The van der Waals surface area contributed by atoms with Gasteiger partial charge in [0.2, 0.25) is 0 Å². The Bertz CT molecular complexity index is 562. The molecule has 0 aliphatic heterocycles. The third-order valence-electron chi connectivity index (χ3n) is 1.97. The Kier molecular flexibility index (Phi) is 3.82. The summed E-state index contributed by atoms with van der Waals surface area (Å²) in [5.74, 6) is 0. The van der Waals surface area contributed by atoms with Gasteiger partial charge in [-0.25, -0.2) is 19.9 Å². The van der Waals surface area contributed by atoms with Crippen molar-refractivity contribution in [2.24, 2.45) is 0 Å². The molecular weight excluding hydrogens is 353 g/mol. The molecule has 2 aromatic heterocycles. The Morgan fingerprint density at radius 3 is 2.65 bits per heavy atom.